The van der Waals surface area contributed by atoms with Gasteiger partial charge in [-0.1, -0.05) is 49.0 Å². The van der Waals surface area contributed by atoms with Gasteiger partial charge in [-0.15, -0.1) is 0 Å². The standard InChI is InChI=1S/C27H25FN2O4S/c1-3-8-23(31)29-26-24(27(33)34-4-2)25(32)22(35-26)14-18-16-30(21-12-6-5-11-20(18)21)15-17-9-7-10-19(28)13-17/h5-7,9-14,16,32H,3-4,8,15H2,1-2H3/b22-14-,29-26?. The van der Waals surface area contributed by atoms with Crippen LogP contribution >= 0.6 is 11.8 Å². The molecule has 180 valence electrons. The number of carbonyl (C=O) groups is 2. The number of carbonyl (C=O) groups excluding carboxylic acids is 2. The third-order valence-electron chi connectivity index (χ3n) is 5.41. The summed E-state index contributed by atoms with van der Waals surface area (Å²) < 4.78 is 20.8. The van der Waals surface area contributed by atoms with Gasteiger partial charge < -0.3 is 14.4 Å². The van der Waals surface area contributed by atoms with Crippen molar-refractivity contribution in [3.8, 4) is 0 Å². The number of benzene rings is 2. The minimum atomic E-state index is -0.725. The number of hydrogen-bond acceptors (Lipinski definition) is 5. The molecule has 2 aromatic carbocycles. The molecule has 0 atom stereocenters. The summed E-state index contributed by atoms with van der Waals surface area (Å²) in [6.07, 6.45) is 4.54. The van der Waals surface area contributed by atoms with Crippen LogP contribution in [0.15, 0.2) is 76.0 Å². The molecule has 1 aliphatic heterocycles. The number of nitrogens with zero attached hydrogens (tertiary/aromatic N) is 2. The van der Waals surface area contributed by atoms with Crippen LogP contribution in [0.25, 0.3) is 17.0 Å². The maximum Gasteiger partial charge on any atom is 0.344 e. The third kappa shape index (κ3) is 5.38. The van der Waals surface area contributed by atoms with Gasteiger partial charge in [-0.05, 0) is 43.2 Å². The van der Waals surface area contributed by atoms with E-state index in [1.54, 1.807) is 19.1 Å². The molecule has 0 unspecified atom stereocenters. The van der Waals surface area contributed by atoms with Gasteiger partial charge in [-0.2, -0.15) is 0 Å². The van der Waals surface area contributed by atoms with E-state index in [0.29, 0.717) is 17.9 Å². The van der Waals surface area contributed by atoms with Crippen molar-refractivity contribution in [3.63, 3.8) is 0 Å². The lowest BCUT2D eigenvalue weighted by molar-refractivity contribution is -0.138. The Balaban J connectivity index is 1.76. The quantitative estimate of drug-likeness (QED) is 0.408. The van der Waals surface area contributed by atoms with Crippen molar-refractivity contribution in [2.24, 2.45) is 4.99 Å². The van der Waals surface area contributed by atoms with E-state index in [-0.39, 0.29) is 41.1 Å². The van der Waals surface area contributed by atoms with Gasteiger partial charge in [0.15, 0.2) is 0 Å². The summed E-state index contributed by atoms with van der Waals surface area (Å²) in [4.78, 5) is 29.2. The molecule has 0 fully saturated rings. The van der Waals surface area contributed by atoms with Gasteiger partial charge in [0.05, 0.1) is 11.5 Å². The van der Waals surface area contributed by atoms with Crippen LogP contribution in [0.1, 0.15) is 37.8 Å². The number of esters is 1. The molecular weight excluding hydrogens is 467 g/mol. The second kappa shape index (κ2) is 10.7. The van der Waals surface area contributed by atoms with Crippen molar-refractivity contribution in [2.75, 3.05) is 6.61 Å². The number of rotatable bonds is 7. The first kappa shape index (κ1) is 24.5. The van der Waals surface area contributed by atoms with E-state index >= 15 is 0 Å². The Hall–Kier alpha value is -3.65. The molecule has 0 spiro atoms. The predicted octanol–water partition coefficient (Wildman–Crippen LogP) is 6.02. The Labute approximate surface area is 206 Å². The Morgan fingerprint density at radius 1 is 1.17 bits per heavy atom. The lowest BCUT2D eigenvalue weighted by atomic mass is 10.1. The molecule has 8 heteroatoms. The number of para-hydroxylation sites is 1. The largest absolute Gasteiger partial charge is 0.506 e. The number of ether oxygens (including phenoxy) is 1. The van der Waals surface area contributed by atoms with Crippen molar-refractivity contribution in [2.45, 2.75) is 33.2 Å². The molecule has 1 aliphatic rings. The molecule has 0 radical (unpaired) electrons. The zero-order valence-electron chi connectivity index (χ0n) is 19.5. The molecule has 3 aromatic rings. The Morgan fingerprint density at radius 2 is 1.97 bits per heavy atom. The molecule has 4 rings (SSSR count). The predicted molar refractivity (Wildman–Crippen MR) is 137 cm³/mol. The van der Waals surface area contributed by atoms with Crippen LogP contribution in [0, 0.1) is 5.82 Å². The summed E-state index contributed by atoms with van der Waals surface area (Å²) in [5.41, 5.74) is 2.45. The van der Waals surface area contributed by atoms with Crippen LogP contribution in [-0.2, 0) is 20.9 Å². The van der Waals surface area contributed by atoms with Crippen LogP contribution in [0.3, 0.4) is 0 Å². The number of thioether (sulfide) groups is 1. The molecule has 1 amide bonds. The van der Waals surface area contributed by atoms with Crippen molar-refractivity contribution in [1.82, 2.24) is 4.57 Å². The monoisotopic (exact) mass is 492 g/mol. The van der Waals surface area contributed by atoms with Crippen LogP contribution in [-0.4, -0.2) is 33.2 Å². The van der Waals surface area contributed by atoms with E-state index in [2.05, 4.69) is 4.99 Å². The van der Waals surface area contributed by atoms with Gasteiger partial charge in [0.2, 0.25) is 5.91 Å². The van der Waals surface area contributed by atoms with Crippen molar-refractivity contribution in [3.05, 3.63) is 87.9 Å². The highest BCUT2D eigenvalue weighted by Crippen LogP contribution is 2.40. The molecule has 6 nitrogen and oxygen atoms in total. The Kier molecular flexibility index (Phi) is 7.51. The molecule has 0 saturated carbocycles. The lowest BCUT2D eigenvalue weighted by Crippen LogP contribution is -2.14. The molecule has 1 aromatic heterocycles. The average molecular weight is 493 g/mol. The highest BCUT2D eigenvalue weighted by Gasteiger charge is 2.34. The molecule has 0 bridgehead atoms. The topological polar surface area (TPSA) is 80.9 Å². The van der Waals surface area contributed by atoms with E-state index in [1.165, 1.54) is 12.1 Å². The van der Waals surface area contributed by atoms with E-state index in [4.69, 9.17) is 4.74 Å². The number of aliphatic hydroxyl groups is 1. The van der Waals surface area contributed by atoms with E-state index in [1.807, 2.05) is 48.0 Å². The average Bonchev–Trinajstić information content (AvgIpc) is 3.31. The molecule has 1 N–H and O–H groups in total. The Bertz CT molecular complexity index is 1390. The number of hydrogen-bond donors (Lipinski definition) is 1. The smallest absolute Gasteiger partial charge is 0.344 e. The van der Waals surface area contributed by atoms with Gasteiger partial charge >= 0.3 is 5.97 Å². The molecule has 35 heavy (non-hydrogen) atoms. The zero-order chi connectivity index (χ0) is 24.9. The maximum absolute atomic E-state index is 13.7. The zero-order valence-corrected chi connectivity index (χ0v) is 20.3. The van der Waals surface area contributed by atoms with Crippen molar-refractivity contribution < 1.29 is 23.8 Å². The second-order valence-electron chi connectivity index (χ2n) is 7.97. The SMILES string of the molecule is CCCC(=O)N=C1S/C(=C\c2cn(Cc3cccc(F)c3)c3ccccc23)C(O)=C1C(=O)OCC. The van der Waals surface area contributed by atoms with Crippen LogP contribution < -0.4 is 0 Å². The fraction of sp³-hybridized carbons (Fsp3) is 0.222. The van der Waals surface area contributed by atoms with Gasteiger partial charge in [-0.3, -0.25) is 4.79 Å². The number of aliphatic hydroxyl groups excluding tert-OH is 1. The van der Waals surface area contributed by atoms with Crippen LogP contribution in [0.2, 0.25) is 0 Å². The maximum atomic E-state index is 13.7. The Morgan fingerprint density at radius 3 is 2.71 bits per heavy atom. The number of fused-ring (bicyclic) bond motifs is 1. The summed E-state index contributed by atoms with van der Waals surface area (Å²) in [5, 5.41) is 12.0. The van der Waals surface area contributed by atoms with Crippen molar-refractivity contribution in [1.29, 1.82) is 0 Å². The highest BCUT2D eigenvalue weighted by molar-refractivity contribution is 8.18. The van der Waals surface area contributed by atoms with Gasteiger partial charge in [0.25, 0.3) is 0 Å². The molecular formula is C27H25FN2O4S. The second-order valence-corrected chi connectivity index (χ2v) is 9.01. The normalized spacial score (nSPS) is 16.0. The number of amides is 1. The first-order valence-electron chi connectivity index (χ1n) is 11.4. The highest BCUT2D eigenvalue weighted by atomic mass is 32.2. The van der Waals surface area contributed by atoms with Crippen LogP contribution in [0.5, 0.6) is 0 Å². The summed E-state index contributed by atoms with van der Waals surface area (Å²) >= 11 is 1.06. The summed E-state index contributed by atoms with van der Waals surface area (Å²) in [5.74, 6) is -1.65. The number of halogens is 1. The van der Waals surface area contributed by atoms with Crippen LogP contribution in [0.4, 0.5) is 4.39 Å². The number of aliphatic imine (C=N–C) groups is 1. The fourth-order valence-electron chi connectivity index (χ4n) is 3.87. The van der Waals surface area contributed by atoms with Crippen molar-refractivity contribution >= 4 is 45.7 Å². The molecule has 2 heterocycles. The summed E-state index contributed by atoms with van der Waals surface area (Å²) in [7, 11) is 0. The minimum absolute atomic E-state index is 0.101. The molecule has 0 saturated heterocycles. The minimum Gasteiger partial charge on any atom is -0.506 e. The van der Waals surface area contributed by atoms with E-state index in [9.17, 15) is 19.1 Å². The summed E-state index contributed by atoms with van der Waals surface area (Å²) in [6, 6.07) is 14.2. The summed E-state index contributed by atoms with van der Waals surface area (Å²) in [6.45, 7) is 4.12. The number of aromatic nitrogens is 1. The van der Waals surface area contributed by atoms with E-state index in [0.717, 1.165) is 33.8 Å². The first-order valence-corrected chi connectivity index (χ1v) is 12.2. The molecule has 0 aliphatic carbocycles. The fourth-order valence-corrected chi connectivity index (χ4v) is 4.89. The lowest BCUT2D eigenvalue weighted by Gasteiger charge is -2.05. The van der Waals surface area contributed by atoms with Gasteiger partial charge in [-0.25, -0.2) is 14.2 Å². The van der Waals surface area contributed by atoms with Gasteiger partial charge in [0.1, 0.15) is 22.2 Å². The van der Waals surface area contributed by atoms with Gasteiger partial charge in [0, 0.05) is 35.6 Å². The third-order valence-corrected chi connectivity index (χ3v) is 6.43. The first-order chi connectivity index (χ1) is 16.9. The van der Waals surface area contributed by atoms with E-state index < -0.39 is 5.97 Å².